The van der Waals surface area contributed by atoms with Crippen molar-refractivity contribution in [3.05, 3.63) is 59.7 Å². The summed E-state index contributed by atoms with van der Waals surface area (Å²) in [5, 5.41) is 0. The molecule has 0 aliphatic heterocycles. The van der Waals surface area contributed by atoms with E-state index < -0.39 is 6.09 Å². The van der Waals surface area contributed by atoms with Gasteiger partial charge in [-0.3, -0.25) is 10.2 Å². The Morgan fingerprint density at radius 2 is 1.71 bits per heavy atom. The zero-order valence-corrected chi connectivity index (χ0v) is 11.2. The van der Waals surface area contributed by atoms with E-state index in [1.807, 2.05) is 54.0 Å². The van der Waals surface area contributed by atoms with Crippen molar-refractivity contribution < 1.29 is 15.7 Å². The van der Waals surface area contributed by atoms with Gasteiger partial charge < -0.3 is 4.74 Å². The summed E-state index contributed by atoms with van der Waals surface area (Å²) in [6, 6.07) is 16.0. The molecule has 0 aromatic heterocycles. The number of benzene rings is 2. The van der Waals surface area contributed by atoms with E-state index in [1.54, 1.807) is 0 Å². The van der Waals surface area contributed by atoms with Crippen LogP contribution < -0.4 is 10.8 Å². The first kappa shape index (κ1) is 12.0. The Morgan fingerprint density at radius 1 is 1.14 bits per heavy atom. The lowest BCUT2D eigenvalue weighted by atomic mass is 9.98. The minimum absolute atomic E-state index is 0.0476. The summed E-state index contributed by atoms with van der Waals surface area (Å²) in [7, 11) is 0. The maximum absolute atomic E-state index is 11.5. The number of rotatable bonds is 4. The SMILES string of the molecule is [2H]N(C=O)NC(=O)OCC1c2ccccc2-c2ccccc21. The molecule has 0 unspecified atom stereocenters. The Balaban J connectivity index is 1.79. The molecule has 0 fully saturated rings. The molecule has 0 atom stereocenters. The number of hydrazine groups is 1. The molecule has 0 bridgehead atoms. The molecule has 2 amide bonds. The Bertz CT molecular complexity index is 675. The van der Waals surface area contributed by atoms with Gasteiger partial charge in [0.15, 0.2) is 1.41 Å². The summed E-state index contributed by atoms with van der Waals surface area (Å²) in [6.45, 7) is 0.145. The van der Waals surface area contributed by atoms with Gasteiger partial charge in [-0.2, -0.15) is 0 Å². The summed E-state index contributed by atoms with van der Waals surface area (Å²) in [4.78, 5) is 21.8. The van der Waals surface area contributed by atoms with Gasteiger partial charge in [0.05, 0.1) is 0 Å². The summed E-state index contributed by atoms with van der Waals surface area (Å²) in [5.41, 5.74) is 6.73. The van der Waals surface area contributed by atoms with E-state index in [0.29, 0.717) is 0 Å². The number of hydrogen-bond donors (Lipinski definition) is 2. The number of carbonyl (C=O) groups excluding carboxylic acids is 2. The molecule has 2 N–H and O–H groups in total. The average Bonchev–Trinajstić information content (AvgIpc) is 2.87. The summed E-state index contributed by atoms with van der Waals surface area (Å²) in [6.07, 6.45) is -0.662. The minimum Gasteiger partial charge on any atom is -0.447 e. The van der Waals surface area contributed by atoms with Crippen LogP contribution in [0.25, 0.3) is 11.1 Å². The van der Waals surface area contributed by atoms with Crippen LogP contribution >= 0.6 is 0 Å². The van der Waals surface area contributed by atoms with E-state index in [2.05, 4.69) is 0 Å². The topological polar surface area (TPSA) is 67.4 Å². The van der Waals surface area contributed by atoms with Gasteiger partial charge in [0.2, 0.25) is 6.41 Å². The van der Waals surface area contributed by atoms with E-state index in [1.165, 1.54) is 0 Å². The first-order valence-corrected chi connectivity index (χ1v) is 6.55. The summed E-state index contributed by atoms with van der Waals surface area (Å²) in [5.74, 6) is -0.0476. The number of carbonyl (C=O) groups is 2. The smallest absolute Gasteiger partial charge is 0.426 e. The highest BCUT2D eigenvalue weighted by molar-refractivity contribution is 5.79. The fraction of sp³-hybridized carbons (Fsp3) is 0.125. The van der Waals surface area contributed by atoms with Crippen LogP contribution in [0.1, 0.15) is 17.0 Å². The summed E-state index contributed by atoms with van der Waals surface area (Å²) >= 11 is 0. The molecule has 0 radical (unpaired) electrons. The Hall–Kier alpha value is -2.82. The molecule has 1 aliphatic rings. The van der Waals surface area contributed by atoms with Crippen molar-refractivity contribution in [2.75, 3.05) is 6.61 Å². The first-order chi connectivity index (χ1) is 10.7. The van der Waals surface area contributed by atoms with Crippen LogP contribution in [0.15, 0.2) is 48.5 Å². The predicted molar refractivity (Wildman–Crippen MR) is 77.4 cm³/mol. The third kappa shape index (κ3) is 2.45. The van der Waals surface area contributed by atoms with Gasteiger partial charge >= 0.3 is 6.09 Å². The molecule has 5 nitrogen and oxygen atoms in total. The quantitative estimate of drug-likeness (QED) is 0.667. The fourth-order valence-corrected chi connectivity index (χ4v) is 2.71. The normalized spacial score (nSPS) is 12.9. The van der Waals surface area contributed by atoms with Crippen LogP contribution in [-0.2, 0) is 9.53 Å². The van der Waals surface area contributed by atoms with E-state index in [0.717, 1.165) is 22.3 Å². The van der Waals surface area contributed by atoms with Crippen LogP contribution in [-0.4, -0.2) is 19.1 Å². The second-order valence-electron chi connectivity index (χ2n) is 4.67. The maximum Gasteiger partial charge on any atom is 0.426 e. The molecule has 0 saturated heterocycles. The van der Waals surface area contributed by atoms with Gasteiger partial charge in [0, 0.05) is 5.92 Å². The molecular weight excluding hydrogens is 268 g/mol. The summed E-state index contributed by atoms with van der Waals surface area (Å²) < 4.78 is 12.2. The van der Waals surface area contributed by atoms with Gasteiger partial charge in [-0.05, 0) is 22.3 Å². The third-order valence-corrected chi connectivity index (χ3v) is 3.55. The molecule has 5 heteroatoms. The molecule has 2 aromatic carbocycles. The average molecular weight is 283 g/mol. The van der Waals surface area contributed by atoms with Gasteiger partial charge in [-0.1, -0.05) is 48.5 Å². The highest BCUT2D eigenvalue weighted by Gasteiger charge is 2.28. The van der Waals surface area contributed by atoms with E-state index in [4.69, 9.17) is 6.15 Å². The van der Waals surface area contributed by atoms with Gasteiger partial charge in [0.25, 0.3) is 0 Å². The van der Waals surface area contributed by atoms with Gasteiger partial charge in [-0.15, -0.1) is 0 Å². The highest BCUT2D eigenvalue weighted by Crippen LogP contribution is 2.44. The lowest BCUT2D eigenvalue weighted by Crippen LogP contribution is -2.37. The van der Waals surface area contributed by atoms with Crippen molar-refractivity contribution in [1.29, 1.82) is 0 Å². The number of fused-ring (bicyclic) bond motifs is 3. The molecule has 0 spiro atoms. The van der Waals surface area contributed by atoms with Crippen molar-refractivity contribution in [2.24, 2.45) is 0 Å². The monoisotopic (exact) mass is 283 g/mol. The number of nitrogens with one attached hydrogen (secondary N) is 2. The van der Waals surface area contributed by atoms with E-state index in [-0.39, 0.29) is 24.4 Å². The lowest BCUT2D eigenvalue weighted by Gasteiger charge is -2.14. The lowest BCUT2D eigenvalue weighted by molar-refractivity contribution is -0.110. The molecule has 21 heavy (non-hydrogen) atoms. The number of amides is 2. The van der Waals surface area contributed by atoms with Crippen LogP contribution in [0.5, 0.6) is 0 Å². The van der Waals surface area contributed by atoms with E-state index >= 15 is 0 Å². The zero-order valence-electron chi connectivity index (χ0n) is 12.2. The van der Waals surface area contributed by atoms with Crippen molar-refractivity contribution in [3.63, 3.8) is 0 Å². The molecule has 3 rings (SSSR count). The van der Waals surface area contributed by atoms with Gasteiger partial charge in [0.1, 0.15) is 6.61 Å². The van der Waals surface area contributed by atoms with Crippen LogP contribution in [0.3, 0.4) is 0 Å². The predicted octanol–water partition coefficient (Wildman–Crippen LogP) is 2.19. The van der Waals surface area contributed by atoms with Crippen molar-refractivity contribution in [2.45, 2.75) is 5.92 Å². The highest BCUT2D eigenvalue weighted by atomic mass is 16.6. The number of hydrogen-bond acceptors (Lipinski definition) is 3. The van der Waals surface area contributed by atoms with Crippen molar-refractivity contribution in [1.82, 2.24) is 10.8 Å². The number of ether oxygens (including phenoxy) is 1. The maximum atomic E-state index is 11.5. The second kappa shape index (κ2) is 5.66. The fourth-order valence-electron chi connectivity index (χ4n) is 2.71. The van der Waals surface area contributed by atoms with Gasteiger partial charge in [-0.25, -0.2) is 10.2 Å². The molecule has 1 aliphatic carbocycles. The molecule has 2 aromatic rings. The largest absolute Gasteiger partial charge is 0.447 e. The minimum atomic E-state index is -0.830. The van der Waals surface area contributed by atoms with Crippen LogP contribution in [0.4, 0.5) is 4.79 Å². The molecule has 0 heterocycles. The first-order valence-electron chi connectivity index (χ1n) is 7.00. The zero-order chi connectivity index (χ0) is 15.5. The van der Waals surface area contributed by atoms with Crippen molar-refractivity contribution in [3.8, 4) is 11.1 Å². The van der Waals surface area contributed by atoms with Crippen LogP contribution in [0, 0.1) is 0 Å². The molecule has 106 valence electrons. The Kier molecular flexibility index (Phi) is 3.23. The van der Waals surface area contributed by atoms with E-state index in [9.17, 15) is 9.59 Å². The molecule has 0 saturated carbocycles. The third-order valence-electron chi connectivity index (χ3n) is 3.55. The Morgan fingerprint density at radius 3 is 2.29 bits per heavy atom. The molecular formula is C16H14N2O3. The second-order valence-corrected chi connectivity index (χ2v) is 4.67. The Labute approximate surface area is 123 Å². The standard InChI is InChI=1S/C16H14N2O3/c19-10-17-18-16(20)21-9-15-13-7-3-1-5-11(13)12-6-2-4-8-14(12)15/h1-8,10,15H,9H2,(H,17,19)(H,18,20)/i/hD. The van der Waals surface area contributed by atoms with Crippen molar-refractivity contribution >= 4 is 12.5 Å². The van der Waals surface area contributed by atoms with Crippen LogP contribution in [0.2, 0.25) is 1.41 Å².